The van der Waals surface area contributed by atoms with Crippen LogP contribution in [0.3, 0.4) is 0 Å². The molecule has 0 amide bonds. The van der Waals surface area contributed by atoms with Crippen molar-refractivity contribution in [2.75, 3.05) is 0 Å². The summed E-state index contributed by atoms with van der Waals surface area (Å²) in [6.45, 7) is 1.97. The highest BCUT2D eigenvalue weighted by Gasteiger charge is 2.20. The van der Waals surface area contributed by atoms with Crippen LogP contribution in [-0.2, 0) is 7.05 Å². The SMILES string of the molecule is Cc1ccccc1C(O)c1c(Br)nnn1C. The Labute approximate surface area is 102 Å². The topological polar surface area (TPSA) is 50.9 Å². The van der Waals surface area contributed by atoms with Gasteiger partial charge in [-0.1, -0.05) is 29.5 Å². The normalized spacial score (nSPS) is 12.8. The molecule has 4 nitrogen and oxygen atoms in total. The van der Waals surface area contributed by atoms with Gasteiger partial charge in [-0.2, -0.15) is 0 Å². The number of aromatic nitrogens is 3. The van der Waals surface area contributed by atoms with Crippen LogP contribution in [0, 0.1) is 6.92 Å². The van der Waals surface area contributed by atoms with Crippen LogP contribution in [0.5, 0.6) is 0 Å². The van der Waals surface area contributed by atoms with Crippen molar-refractivity contribution in [1.29, 1.82) is 0 Å². The molecule has 1 heterocycles. The van der Waals surface area contributed by atoms with E-state index < -0.39 is 6.10 Å². The lowest BCUT2D eigenvalue weighted by Gasteiger charge is -2.13. The molecule has 1 unspecified atom stereocenters. The molecule has 0 fully saturated rings. The second-order valence-electron chi connectivity index (χ2n) is 3.65. The third-order valence-corrected chi connectivity index (χ3v) is 3.13. The summed E-state index contributed by atoms with van der Waals surface area (Å²) in [5.41, 5.74) is 2.58. The molecule has 2 rings (SSSR count). The highest BCUT2D eigenvalue weighted by atomic mass is 79.9. The molecule has 2 aromatic rings. The molecule has 84 valence electrons. The molecule has 0 radical (unpaired) electrons. The van der Waals surface area contributed by atoms with Crippen LogP contribution in [-0.4, -0.2) is 20.1 Å². The first-order valence-electron chi connectivity index (χ1n) is 4.90. The summed E-state index contributed by atoms with van der Waals surface area (Å²) >= 11 is 3.29. The number of aryl methyl sites for hydroxylation is 2. The van der Waals surface area contributed by atoms with Gasteiger partial charge in [0.05, 0.1) is 0 Å². The number of hydrogen-bond acceptors (Lipinski definition) is 3. The molecule has 16 heavy (non-hydrogen) atoms. The summed E-state index contributed by atoms with van der Waals surface area (Å²) in [6, 6.07) is 7.72. The standard InChI is InChI=1S/C11H12BrN3O/c1-7-5-3-4-6-8(7)10(16)9-11(12)13-14-15(9)2/h3-6,10,16H,1-2H3. The quantitative estimate of drug-likeness (QED) is 0.916. The molecule has 1 N–H and O–H groups in total. The van der Waals surface area contributed by atoms with Gasteiger partial charge in [-0.05, 0) is 34.0 Å². The minimum absolute atomic E-state index is 0.575. The monoisotopic (exact) mass is 281 g/mol. The van der Waals surface area contributed by atoms with Crippen molar-refractivity contribution in [3.8, 4) is 0 Å². The molecule has 0 saturated heterocycles. The second kappa shape index (κ2) is 4.35. The Bertz CT molecular complexity index is 490. The molecular weight excluding hydrogens is 270 g/mol. The zero-order valence-corrected chi connectivity index (χ0v) is 10.6. The van der Waals surface area contributed by atoms with E-state index in [9.17, 15) is 5.11 Å². The average Bonchev–Trinajstić information content (AvgIpc) is 2.58. The Morgan fingerprint density at radius 1 is 1.38 bits per heavy atom. The highest BCUT2D eigenvalue weighted by Crippen LogP contribution is 2.28. The van der Waals surface area contributed by atoms with E-state index in [0.29, 0.717) is 10.3 Å². The number of aliphatic hydroxyl groups excluding tert-OH is 1. The molecule has 1 aromatic heterocycles. The number of nitrogens with zero attached hydrogens (tertiary/aromatic N) is 3. The Morgan fingerprint density at radius 2 is 2.06 bits per heavy atom. The summed E-state index contributed by atoms with van der Waals surface area (Å²) in [5, 5.41) is 18.0. The second-order valence-corrected chi connectivity index (χ2v) is 4.40. The maximum atomic E-state index is 10.3. The van der Waals surface area contributed by atoms with E-state index in [0.717, 1.165) is 11.1 Å². The number of hydrogen-bond donors (Lipinski definition) is 1. The fourth-order valence-electron chi connectivity index (χ4n) is 1.67. The molecule has 0 aliphatic carbocycles. The lowest BCUT2D eigenvalue weighted by atomic mass is 10.0. The summed E-state index contributed by atoms with van der Waals surface area (Å²) in [5.74, 6) is 0. The largest absolute Gasteiger partial charge is 0.382 e. The fourth-order valence-corrected chi connectivity index (χ4v) is 2.21. The summed E-state index contributed by atoms with van der Waals surface area (Å²) in [6.07, 6.45) is -0.712. The number of aliphatic hydroxyl groups is 1. The average molecular weight is 282 g/mol. The molecule has 5 heteroatoms. The van der Waals surface area contributed by atoms with Gasteiger partial charge in [0.25, 0.3) is 0 Å². The van der Waals surface area contributed by atoms with Gasteiger partial charge in [-0.3, -0.25) is 0 Å². The Kier molecular flexibility index (Phi) is 3.07. The van der Waals surface area contributed by atoms with Gasteiger partial charge in [-0.25, -0.2) is 4.68 Å². The van der Waals surface area contributed by atoms with Crippen molar-refractivity contribution in [1.82, 2.24) is 15.0 Å². The Morgan fingerprint density at radius 3 is 2.62 bits per heavy atom. The maximum absolute atomic E-state index is 10.3. The predicted octanol–water partition coefficient (Wildman–Crippen LogP) is 1.97. The Balaban J connectivity index is 2.47. The van der Waals surface area contributed by atoms with Crippen molar-refractivity contribution in [3.05, 3.63) is 45.7 Å². The third kappa shape index (κ3) is 1.88. The van der Waals surface area contributed by atoms with Crippen LogP contribution in [0.2, 0.25) is 0 Å². The number of halogens is 1. The lowest BCUT2D eigenvalue weighted by Crippen LogP contribution is -2.08. The van der Waals surface area contributed by atoms with Gasteiger partial charge in [0, 0.05) is 7.05 Å². The van der Waals surface area contributed by atoms with Crippen LogP contribution in [0.1, 0.15) is 22.9 Å². The zero-order valence-electron chi connectivity index (χ0n) is 9.05. The first kappa shape index (κ1) is 11.3. The van der Waals surface area contributed by atoms with Gasteiger partial charge in [0.2, 0.25) is 0 Å². The molecule has 0 spiro atoms. The van der Waals surface area contributed by atoms with Crippen LogP contribution in [0.15, 0.2) is 28.9 Å². The first-order chi connectivity index (χ1) is 7.61. The van der Waals surface area contributed by atoms with Crippen LogP contribution in [0.25, 0.3) is 0 Å². The van der Waals surface area contributed by atoms with Gasteiger partial charge < -0.3 is 5.11 Å². The van der Waals surface area contributed by atoms with E-state index in [4.69, 9.17) is 0 Å². The van der Waals surface area contributed by atoms with Crippen LogP contribution < -0.4 is 0 Å². The van der Waals surface area contributed by atoms with Gasteiger partial charge in [0.15, 0.2) is 4.60 Å². The molecule has 1 atom stereocenters. The minimum atomic E-state index is -0.712. The summed E-state index contributed by atoms with van der Waals surface area (Å²) < 4.78 is 2.15. The lowest BCUT2D eigenvalue weighted by molar-refractivity contribution is 0.208. The van der Waals surface area contributed by atoms with E-state index in [1.54, 1.807) is 11.7 Å². The third-order valence-electron chi connectivity index (χ3n) is 2.57. The summed E-state index contributed by atoms with van der Waals surface area (Å²) in [4.78, 5) is 0. The van der Waals surface area contributed by atoms with Crippen molar-refractivity contribution < 1.29 is 5.11 Å². The molecule has 0 aliphatic rings. The van der Waals surface area contributed by atoms with Gasteiger partial charge in [0.1, 0.15) is 11.8 Å². The van der Waals surface area contributed by atoms with Crippen molar-refractivity contribution in [3.63, 3.8) is 0 Å². The maximum Gasteiger partial charge on any atom is 0.154 e. The number of rotatable bonds is 2. The van der Waals surface area contributed by atoms with Crippen molar-refractivity contribution >= 4 is 15.9 Å². The van der Waals surface area contributed by atoms with Gasteiger partial charge in [-0.15, -0.1) is 5.10 Å². The highest BCUT2D eigenvalue weighted by molar-refractivity contribution is 9.10. The predicted molar refractivity (Wildman–Crippen MR) is 63.9 cm³/mol. The van der Waals surface area contributed by atoms with Gasteiger partial charge >= 0.3 is 0 Å². The number of benzene rings is 1. The fraction of sp³-hybridized carbons (Fsp3) is 0.273. The first-order valence-corrected chi connectivity index (χ1v) is 5.69. The van der Waals surface area contributed by atoms with Crippen molar-refractivity contribution in [2.45, 2.75) is 13.0 Å². The van der Waals surface area contributed by atoms with E-state index in [1.807, 2.05) is 31.2 Å². The molecule has 0 aliphatic heterocycles. The van der Waals surface area contributed by atoms with Crippen molar-refractivity contribution in [2.24, 2.45) is 7.05 Å². The van der Waals surface area contributed by atoms with Crippen LogP contribution in [0.4, 0.5) is 0 Å². The molecule has 0 saturated carbocycles. The molecule has 1 aromatic carbocycles. The van der Waals surface area contributed by atoms with E-state index >= 15 is 0 Å². The van der Waals surface area contributed by atoms with E-state index in [-0.39, 0.29) is 0 Å². The summed E-state index contributed by atoms with van der Waals surface area (Å²) in [7, 11) is 1.76. The molecular formula is C11H12BrN3O. The minimum Gasteiger partial charge on any atom is -0.382 e. The Hall–Kier alpha value is -1.20. The zero-order chi connectivity index (χ0) is 11.7. The van der Waals surface area contributed by atoms with Crippen LogP contribution >= 0.6 is 15.9 Å². The molecule has 0 bridgehead atoms. The van der Waals surface area contributed by atoms with E-state index in [1.165, 1.54) is 0 Å². The van der Waals surface area contributed by atoms with E-state index in [2.05, 4.69) is 26.2 Å². The smallest absolute Gasteiger partial charge is 0.154 e.